The Hall–Kier alpha value is -0.380. The van der Waals surface area contributed by atoms with Gasteiger partial charge in [0.15, 0.2) is 0 Å². The third-order valence-electron chi connectivity index (χ3n) is 4.22. The standard InChI is InChI=1S/C15H26N2S/c1-11-10-17(8-7-15(11)16-4)12(2)9-14-6-5-13(3)18-14/h5-6,11-12,15-16H,7-10H2,1-4H3. The number of piperidine rings is 1. The maximum absolute atomic E-state index is 3.44. The van der Waals surface area contributed by atoms with E-state index in [1.54, 1.807) is 0 Å². The first-order chi connectivity index (χ1) is 8.60. The van der Waals surface area contributed by atoms with Crippen LogP contribution in [0.3, 0.4) is 0 Å². The molecule has 0 bridgehead atoms. The quantitative estimate of drug-likeness (QED) is 0.901. The molecule has 18 heavy (non-hydrogen) atoms. The van der Waals surface area contributed by atoms with Gasteiger partial charge in [-0.25, -0.2) is 0 Å². The number of rotatable bonds is 4. The third kappa shape index (κ3) is 3.34. The molecule has 3 unspecified atom stereocenters. The average molecular weight is 266 g/mol. The Balaban J connectivity index is 1.88. The predicted octanol–water partition coefficient (Wildman–Crippen LogP) is 2.92. The van der Waals surface area contributed by atoms with Crippen LogP contribution in [0.5, 0.6) is 0 Å². The van der Waals surface area contributed by atoms with Gasteiger partial charge in [-0.2, -0.15) is 0 Å². The lowest BCUT2D eigenvalue weighted by atomic mass is 9.92. The van der Waals surface area contributed by atoms with Crippen LogP contribution in [-0.2, 0) is 6.42 Å². The number of hydrogen-bond donors (Lipinski definition) is 1. The Morgan fingerprint density at radius 1 is 1.50 bits per heavy atom. The second kappa shape index (κ2) is 6.18. The Morgan fingerprint density at radius 3 is 2.83 bits per heavy atom. The molecule has 0 saturated carbocycles. The van der Waals surface area contributed by atoms with Crippen LogP contribution in [0, 0.1) is 12.8 Å². The van der Waals surface area contributed by atoms with E-state index in [2.05, 4.69) is 50.2 Å². The van der Waals surface area contributed by atoms with Gasteiger partial charge in [0.05, 0.1) is 0 Å². The normalized spacial score (nSPS) is 27.3. The zero-order valence-corrected chi connectivity index (χ0v) is 12.9. The number of hydrogen-bond acceptors (Lipinski definition) is 3. The van der Waals surface area contributed by atoms with E-state index in [9.17, 15) is 0 Å². The van der Waals surface area contributed by atoms with Crippen molar-refractivity contribution in [3.63, 3.8) is 0 Å². The van der Waals surface area contributed by atoms with Gasteiger partial charge in [-0.1, -0.05) is 6.92 Å². The van der Waals surface area contributed by atoms with Crippen LogP contribution < -0.4 is 5.32 Å². The van der Waals surface area contributed by atoms with E-state index >= 15 is 0 Å². The first-order valence-corrected chi connectivity index (χ1v) is 7.88. The van der Waals surface area contributed by atoms with Gasteiger partial charge in [0.1, 0.15) is 0 Å². The SMILES string of the molecule is CNC1CCN(C(C)Cc2ccc(C)s2)CC1C. The van der Waals surface area contributed by atoms with Crippen molar-refractivity contribution in [3.8, 4) is 0 Å². The van der Waals surface area contributed by atoms with Gasteiger partial charge >= 0.3 is 0 Å². The molecule has 1 saturated heterocycles. The van der Waals surface area contributed by atoms with Crippen LogP contribution in [0.4, 0.5) is 0 Å². The summed E-state index contributed by atoms with van der Waals surface area (Å²) in [5.41, 5.74) is 0. The molecule has 2 heterocycles. The van der Waals surface area contributed by atoms with Gasteiger partial charge in [-0.3, -0.25) is 4.90 Å². The summed E-state index contributed by atoms with van der Waals surface area (Å²) in [6.45, 7) is 9.41. The van der Waals surface area contributed by atoms with Crippen molar-refractivity contribution in [2.75, 3.05) is 20.1 Å². The van der Waals surface area contributed by atoms with Crippen molar-refractivity contribution in [1.82, 2.24) is 10.2 Å². The number of nitrogens with zero attached hydrogens (tertiary/aromatic N) is 1. The molecule has 2 nitrogen and oxygen atoms in total. The lowest BCUT2D eigenvalue weighted by Crippen LogP contribution is -2.50. The molecule has 0 aromatic carbocycles. The fraction of sp³-hybridized carbons (Fsp3) is 0.733. The molecule has 3 atom stereocenters. The van der Waals surface area contributed by atoms with Gasteiger partial charge in [-0.15, -0.1) is 11.3 Å². The minimum atomic E-state index is 0.670. The highest BCUT2D eigenvalue weighted by Gasteiger charge is 2.27. The minimum Gasteiger partial charge on any atom is -0.317 e. The lowest BCUT2D eigenvalue weighted by Gasteiger charge is -2.40. The van der Waals surface area contributed by atoms with E-state index in [-0.39, 0.29) is 0 Å². The smallest absolute Gasteiger partial charge is 0.0115 e. The number of nitrogens with one attached hydrogen (secondary N) is 1. The number of aryl methyl sites for hydroxylation is 1. The summed E-state index contributed by atoms with van der Waals surface area (Å²) in [7, 11) is 2.09. The summed E-state index contributed by atoms with van der Waals surface area (Å²) in [6.07, 6.45) is 2.49. The van der Waals surface area contributed by atoms with Crippen molar-refractivity contribution in [2.24, 2.45) is 5.92 Å². The number of likely N-dealkylation sites (tertiary alicyclic amines) is 1. The van der Waals surface area contributed by atoms with E-state index in [0.29, 0.717) is 12.1 Å². The highest BCUT2D eigenvalue weighted by atomic mass is 32.1. The van der Waals surface area contributed by atoms with Crippen LogP contribution in [0.25, 0.3) is 0 Å². The zero-order valence-electron chi connectivity index (χ0n) is 12.1. The minimum absolute atomic E-state index is 0.670. The third-order valence-corrected chi connectivity index (χ3v) is 5.25. The second-order valence-electron chi connectivity index (χ2n) is 5.72. The Labute approximate surface area is 115 Å². The Morgan fingerprint density at radius 2 is 2.28 bits per heavy atom. The van der Waals surface area contributed by atoms with Gasteiger partial charge in [0.2, 0.25) is 0 Å². The van der Waals surface area contributed by atoms with Crippen LogP contribution in [-0.4, -0.2) is 37.1 Å². The maximum atomic E-state index is 3.44. The topological polar surface area (TPSA) is 15.3 Å². The highest BCUT2D eigenvalue weighted by molar-refractivity contribution is 7.11. The highest BCUT2D eigenvalue weighted by Crippen LogP contribution is 2.22. The van der Waals surface area contributed by atoms with Gasteiger partial charge in [-0.05, 0) is 58.3 Å². The largest absolute Gasteiger partial charge is 0.317 e. The summed E-state index contributed by atoms with van der Waals surface area (Å²) < 4.78 is 0. The summed E-state index contributed by atoms with van der Waals surface area (Å²) in [6, 6.07) is 5.91. The van der Waals surface area contributed by atoms with Crippen LogP contribution in [0.15, 0.2) is 12.1 Å². The van der Waals surface area contributed by atoms with Crippen molar-refractivity contribution in [1.29, 1.82) is 0 Å². The van der Waals surface area contributed by atoms with Crippen molar-refractivity contribution >= 4 is 11.3 Å². The number of thiophene rings is 1. The fourth-order valence-corrected chi connectivity index (χ4v) is 4.03. The summed E-state index contributed by atoms with van der Waals surface area (Å²) in [5, 5.41) is 3.44. The van der Waals surface area contributed by atoms with Crippen LogP contribution in [0.2, 0.25) is 0 Å². The molecule has 3 heteroatoms. The maximum Gasteiger partial charge on any atom is 0.0115 e. The molecule has 1 aromatic rings. The van der Waals surface area contributed by atoms with Crippen molar-refractivity contribution in [3.05, 3.63) is 21.9 Å². The van der Waals surface area contributed by atoms with E-state index < -0.39 is 0 Å². The van der Waals surface area contributed by atoms with Crippen molar-refractivity contribution < 1.29 is 0 Å². The summed E-state index contributed by atoms with van der Waals surface area (Å²) >= 11 is 1.95. The zero-order chi connectivity index (χ0) is 13.1. The molecule has 0 radical (unpaired) electrons. The molecular formula is C15H26N2S. The molecule has 1 N–H and O–H groups in total. The first kappa shape index (κ1) is 14.0. The monoisotopic (exact) mass is 266 g/mol. The Bertz CT molecular complexity index is 374. The fourth-order valence-electron chi connectivity index (χ4n) is 3.02. The molecule has 102 valence electrons. The molecule has 0 spiro atoms. The molecular weight excluding hydrogens is 240 g/mol. The average Bonchev–Trinajstić information content (AvgIpc) is 2.74. The predicted molar refractivity (Wildman–Crippen MR) is 80.4 cm³/mol. The molecule has 0 aliphatic carbocycles. The van der Waals surface area contributed by atoms with Gasteiger partial charge < -0.3 is 5.32 Å². The van der Waals surface area contributed by atoms with Crippen molar-refractivity contribution in [2.45, 2.75) is 45.7 Å². The Kier molecular flexibility index (Phi) is 4.82. The molecule has 1 aromatic heterocycles. The van der Waals surface area contributed by atoms with Crippen LogP contribution in [0.1, 0.15) is 30.0 Å². The second-order valence-corrected chi connectivity index (χ2v) is 7.09. The van der Waals surface area contributed by atoms with E-state index in [0.717, 1.165) is 5.92 Å². The van der Waals surface area contributed by atoms with E-state index in [1.165, 1.54) is 35.7 Å². The van der Waals surface area contributed by atoms with E-state index in [4.69, 9.17) is 0 Å². The van der Waals surface area contributed by atoms with Gasteiger partial charge in [0.25, 0.3) is 0 Å². The van der Waals surface area contributed by atoms with Gasteiger partial charge in [0, 0.05) is 28.4 Å². The lowest BCUT2D eigenvalue weighted by molar-refractivity contribution is 0.114. The first-order valence-electron chi connectivity index (χ1n) is 7.06. The molecule has 1 aliphatic heterocycles. The summed E-state index contributed by atoms with van der Waals surface area (Å²) in [5.74, 6) is 0.760. The molecule has 0 amide bonds. The molecule has 1 aliphatic rings. The molecule has 2 rings (SSSR count). The van der Waals surface area contributed by atoms with Crippen LogP contribution >= 0.6 is 11.3 Å². The molecule has 1 fully saturated rings. The van der Waals surface area contributed by atoms with E-state index in [1.807, 2.05) is 11.3 Å². The summed E-state index contributed by atoms with van der Waals surface area (Å²) in [4.78, 5) is 5.62.